The van der Waals surface area contributed by atoms with Crippen LogP contribution in [0.2, 0.25) is 5.15 Å². The fraction of sp³-hybridized carbons (Fsp3) is 0. The van der Waals surface area contributed by atoms with Gasteiger partial charge in [-0.15, -0.1) is 0 Å². The zero-order valence-electron chi connectivity index (χ0n) is 5.71. The molecule has 0 aromatic carbocycles. The van der Waals surface area contributed by atoms with Crippen LogP contribution in [0.4, 0.5) is 5.13 Å². The van der Waals surface area contributed by atoms with Crippen LogP contribution >= 0.6 is 38.9 Å². The molecule has 0 spiro atoms. The molecule has 0 saturated carbocycles. The van der Waals surface area contributed by atoms with Crippen molar-refractivity contribution in [1.29, 1.82) is 0 Å². The minimum absolute atomic E-state index is 0.443. The van der Waals surface area contributed by atoms with E-state index < -0.39 is 0 Å². The van der Waals surface area contributed by atoms with Crippen molar-refractivity contribution in [2.24, 2.45) is 0 Å². The highest BCUT2D eigenvalue weighted by atomic mass is 79.9. The summed E-state index contributed by atoms with van der Waals surface area (Å²) < 4.78 is 0.824. The van der Waals surface area contributed by atoms with Crippen LogP contribution in [0.1, 0.15) is 0 Å². The molecule has 2 N–H and O–H groups in total. The average molecular weight is 265 g/mol. The lowest BCUT2D eigenvalue weighted by molar-refractivity contribution is 1.39. The quantitative estimate of drug-likeness (QED) is 0.744. The lowest BCUT2D eigenvalue weighted by Crippen LogP contribution is -1.80. The molecule has 0 saturated heterocycles. The van der Waals surface area contributed by atoms with Gasteiger partial charge >= 0.3 is 0 Å². The summed E-state index contributed by atoms with van der Waals surface area (Å²) in [6.45, 7) is 0. The van der Waals surface area contributed by atoms with E-state index in [0.717, 1.165) is 14.8 Å². The second kappa shape index (κ2) is 2.83. The highest BCUT2D eigenvalue weighted by Gasteiger charge is 2.07. The first-order valence-corrected chi connectivity index (χ1v) is 5.03. The number of pyridine rings is 1. The van der Waals surface area contributed by atoms with E-state index in [0.29, 0.717) is 10.3 Å². The van der Waals surface area contributed by atoms with Crippen molar-refractivity contribution >= 4 is 54.3 Å². The van der Waals surface area contributed by atoms with Crippen molar-refractivity contribution in [3.05, 3.63) is 15.7 Å². The summed E-state index contributed by atoms with van der Waals surface area (Å²) >= 11 is 10.4. The maximum Gasteiger partial charge on any atom is 0.182 e. The number of fused-ring (bicyclic) bond motifs is 1. The number of anilines is 1. The Morgan fingerprint density at radius 2 is 2.25 bits per heavy atom. The second-order valence-electron chi connectivity index (χ2n) is 2.13. The van der Waals surface area contributed by atoms with Gasteiger partial charge in [0.15, 0.2) is 5.13 Å². The molecule has 0 radical (unpaired) electrons. The predicted molar refractivity (Wildman–Crippen MR) is 54.5 cm³/mol. The number of nitrogens with two attached hydrogens (primary N) is 1. The summed E-state index contributed by atoms with van der Waals surface area (Å²) in [5.41, 5.74) is 6.28. The molecule has 0 bridgehead atoms. The smallest absolute Gasteiger partial charge is 0.182 e. The molecule has 2 aromatic rings. The van der Waals surface area contributed by atoms with Crippen molar-refractivity contribution in [3.8, 4) is 0 Å². The standard InChI is InChI=1S/C6H3BrClN3S/c7-2-1-3(8)10-5-4(2)11-6(9)12-5/h1H,(H2,9,11). The number of halogens is 2. The van der Waals surface area contributed by atoms with Crippen molar-refractivity contribution < 1.29 is 0 Å². The van der Waals surface area contributed by atoms with E-state index >= 15 is 0 Å². The minimum atomic E-state index is 0.443. The SMILES string of the molecule is Nc1nc2c(Br)cc(Cl)nc2s1. The van der Waals surface area contributed by atoms with Crippen LogP contribution < -0.4 is 5.73 Å². The van der Waals surface area contributed by atoms with E-state index in [4.69, 9.17) is 17.3 Å². The Hall–Kier alpha value is -0.390. The van der Waals surface area contributed by atoms with Gasteiger partial charge in [0.05, 0.1) is 0 Å². The van der Waals surface area contributed by atoms with E-state index in [1.165, 1.54) is 11.3 Å². The maximum absolute atomic E-state index is 5.73. The molecule has 12 heavy (non-hydrogen) atoms. The summed E-state index contributed by atoms with van der Waals surface area (Å²) in [7, 11) is 0. The van der Waals surface area contributed by atoms with Gasteiger partial charge in [-0.3, -0.25) is 0 Å². The molecule has 2 heterocycles. The minimum Gasteiger partial charge on any atom is -0.375 e. The average Bonchev–Trinajstić information content (AvgIpc) is 2.29. The topological polar surface area (TPSA) is 51.8 Å². The van der Waals surface area contributed by atoms with Crippen molar-refractivity contribution in [2.45, 2.75) is 0 Å². The second-order valence-corrected chi connectivity index (χ2v) is 4.38. The summed E-state index contributed by atoms with van der Waals surface area (Å²) in [6.07, 6.45) is 0. The largest absolute Gasteiger partial charge is 0.375 e. The van der Waals surface area contributed by atoms with Crippen LogP contribution in [0.5, 0.6) is 0 Å². The van der Waals surface area contributed by atoms with E-state index in [-0.39, 0.29) is 0 Å². The normalized spacial score (nSPS) is 10.8. The summed E-state index contributed by atoms with van der Waals surface area (Å²) in [5.74, 6) is 0. The number of thiazole rings is 1. The number of nitrogens with zero attached hydrogens (tertiary/aromatic N) is 2. The van der Waals surface area contributed by atoms with Crippen molar-refractivity contribution in [2.75, 3.05) is 5.73 Å². The first-order chi connectivity index (χ1) is 5.66. The molecular formula is C6H3BrClN3S. The van der Waals surface area contributed by atoms with E-state index in [1.54, 1.807) is 6.07 Å². The van der Waals surface area contributed by atoms with Crippen LogP contribution in [0.3, 0.4) is 0 Å². The zero-order chi connectivity index (χ0) is 8.72. The number of hydrogen-bond acceptors (Lipinski definition) is 4. The summed E-state index contributed by atoms with van der Waals surface area (Å²) in [5, 5.41) is 0.943. The zero-order valence-corrected chi connectivity index (χ0v) is 8.87. The Balaban J connectivity index is 2.88. The Labute approximate surface area is 85.7 Å². The van der Waals surface area contributed by atoms with Gasteiger partial charge in [0, 0.05) is 4.47 Å². The van der Waals surface area contributed by atoms with Crippen LogP contribution in [0.15, 0.2) is 10.5 Å². The summed E-state index contributed by atoms with van der Waals surface area (Å²) in [4.78, 5) is 8.91. The molecule has 0 unspecified atom stereocenters. The lowest BCUT2D eigenvalue weighted by Gasteiger charge is -1.91. The Kier molecular flexibility index (Phi) is 1.94. The third-order valence-electron chi connectivity index (χ3n) is 1.31. The number of aromatic nitrogens is 2. The van der Waals surface area contributed by atoms with Crippen molar-refractivity contribution in [1.82, 2.24) is 9.97 Å². The summed E-state index contributed by atoms with van der Waals surface area (Å²) in [6, 6.07) is 1.70. The lowest BCUT2D eigenvalue weighted by atomic mass is 10.5. The van der Waals surface area contributed by atoms with Gasteiger partial charge in [-0.25, -0.2) is 9.97 Å². The van der Waals surface area contributed by atoms with Gasteiger partial charge in [0.25, 0.3) is 0 Å². The van der Waals surface area contributed by atoms with E-state index in [9.17, 15) is 0 Å². The molecule has 0 amide bonds. The van der Waals surface area contributed by atoms with Gasteiger partial charge in [0.2, 0.25) is 0 Å². The predicted octanol–water partition coefficient (Wildman–Crippen LogP) is 2.69. The number of rotatable bonds is 0. The molecule has 2 aromatic heterocycles. The Bertz CT molecular complexity index is 442. The maximum atomic E-state index is 5.73. The molecule has 0 atom stereocenters. The monoisotopic (exact) mass is 263 g/mol. The third kappa shape index (κ3) is 1.28. The van der Waals surface area contributed by atoms with E-state index in [1.807, 2.05) is 0 Å². The third-order valence-corrected chi connectivity index (χ3v) is 2.88. The molecule has 0 aliphatic rings. The highest BCUT2D eigenvalue weighted by Crippen LogP contribution is 2.29. The van der Waals surface area contributed by atoms with E-state index in [2.05, 4.69) is 25.9 Å². The molecule has 2 rings (SSSR count). The van der Waals surface area contributed by atoms with Gasteiger partial charge in [0.1, 0.15) is 15.5 Å². The fourth-order valence-electron chi connectivity index (χ4n) is 0.862. The van der Waals surface area contributed by atoms with Gasteiger partial charge < -0.3 is 5.73 Å². The first-order valence-electron chi connectivity index (χ1n) is 3.05. The molecule has 3 nitrogen and oxygen atoms in total. The van der Waals surface area contributed by atoms with Crippen LogP contribution in [-0.4, -0.2) is 9.97 Å². The molecule has 6 heteroatoms. The highest BCUT2D eigenvalue weighted by molar-refractivity contribution is 9.10. The van der Waals surface area contributed by atoms with Crippen LogP contribution in [0, 0.1) is 0 Å². The Morgan fingerprint density at radius 3 is 3.00 bits per heavy atom. The molecule has 0 aliphatic heterocycles. The Morgan fingerprint density at radius 1 is 1.50 bits per heavy atom. The fourth-order valence-corrected chi connectivity index (χ4v) is 2.59. The van der Waals surface area contributed by atoms with Gasteiger partial charge in [-0.1, -0.05) is 22.9 Å². The number of nitrogen functional groups attached to an aromatic ring is 1. The van der Waals surface area contributed by atoms with Crippen molar-refractivity contribution in [3.63, 3.8) is 0 Å². The van der Waals surface area contributed by atoms with Gasteiger partial charge in [-0.2, -0.15) is 0 Å². The first kappa shape index (κ1) is 8.22. The van der Waals surface area contributed by atoms with Gasteiger partial charge in [-0.05, 0) is 22.0 Å². The number of hydrogen-bond donors (Lipinski definition) is 1. The van der Waals surface area contributed by atoms with Crippen LogP contribution in [0.25, 0.3) is 10.3 Å². The molecular weight excluding hydrogens is 262 g/mol. The van der Waals surface area contributed by atoms with Crippen LogP contribution in [-0.2, 0) is 0 Å². The molecule has 0 aliphatic carbocycles. The molecule has 62 valence electrons. The molecule has 0 fully saturated rings.